The van der Waals surface area contributed by atoms with Crippen molar-refractivity contribution in [1.29, 1.82) is 0 Å². The number of aromatic nitrogens is 4. The second-order valence-electron chi connectivity index (χ2n) is 23.4. The summed E-state index contributed by atoms with van der Waals surface area (Å²) in [6, 6.07) is 64.3. The van der Waals surface area contributed by atoms with Crippen LogP contribution in [-0.2, 0) is 18.6 Å². The Morgan fingerprint density at radius 2 is 0.734 bits per heavy atom. The molecule has 2 aliphatic heterocycles. The van der Waals surface area contributed by atoms with Gasteiger partial charge in [0.05, 0.1) is 33.4 Å². The highest BCUT2D eigenvalue weighted by molar-refractivity contribution is 6.62. The van der Waals surface area contributed by atoms with Crippen molar-refractivity contribution in [3.63, 3.8) is 0 Å². The van der Waals surface area contributed by atoms with Gasteiger partial charge in [-0.2, -0.15) is 9.97 Å². The molecule has 2 fully saturated rings. The van der Waals surface area contributed by atoms with Crippen molar-refractivity contribution in [1.82, 2.24) is 19.5 Å². The molecule has 0 saturated carbocycles. The topological polar surface area (TPSA) is 87.0 Å². The Hall–Kier alpha value is -7.86. The van der Waals surface area contributed by atoms with Gasteiger partial charge in [-0.1, -0.05) is 120 Å². The second kappa shape index (κ2) is 19.5. The molecule has 12 rings (SSSR count). The largest absolute Gasteiger partial charge is 0.494 e. The van der Waals surface area contributed by atoms with Gasteiger partial charge >= 0.3 is 14.2 Å². The number of hydrogen-bond donors (Lipinski definition) is 0. The molecule has 2 aromatic heterocycles. The van der Waals surface area contributed by atoms with E-state index in [0.717, 1.165) is 89.1 Å². The van der Waals surface area contributed by atoms with Crippen LogP contribution in [0.5, 0.6) is 0 Å². The van der Waals surface area contributed by atoms with Crippen LogP contribution in [0.3, 0.4) is 0 Å². The summed E-state index contributed by atoms with van der Waals surface area (Å²) in [6.45, 7) is 25.4. The molecule has 0 radical (unpaired) electrons. The summed E-state index contributed by atoms with van der Waals surface area (Å²) in [5, 5.41) is 2.05. The van der Waals surface area contributed by atoms with Crippen LogP contribution in [0.1, 0.15) is 77.6 Å². The van der Waals surface area contributed by atoms with E-state index in [2.05, 4.69) is 219 Å². The molecule has 8 aromatic carbocycles. The van der Waals surface area contributed by atoms with Crippen molar-refractivity contribution >= 4 is 81.1 Å². The predicted octanol–water partition coefficient (Wildman–Crippen LogP) is 15.1. The molecule has 4 heterocycles. The van der Waals surface area contributed by atoms with Gasteiger partial charge in [0.2, 0.25) is 5.95 Å². The standard InChI is InChI=1S/C67H66B2N6O4/c1-43-23-35-57(45(3)39-43)73(51-29-25-49(26-30-51)68-76-64(5,6)65(7,8)77-68)53-33-37-59-55(41-53)56-42-54(34-38-60(56)75(59)63-71-61(47-19-15-13-16-20-47)70-62(72-63)48-21-17-14-18-22-48)74(58-36-24-44(2)40-46(58)4)52-31-27-50(28-32-52)69-78-66(9,10)67(11,12)79-69/h13-42H,1-12H3. The first-order valence-corrected chi connectivity index (χ1v) is 27.4. The zero-order chi connectivity index (χ0) is 55.2. The molecule has 79 heavy (non-hydrogen) atoms. The van der Waals surface area contributed by atoms with Crippen molar-refractivity contribution in [2.45, 2.75) is 105 Å². The maximum Gasteiger partial charge on any atom is 0.494 e. The fourth-order valence-electron chi connectivity index (χ4n) is 10.9. The number of hydrogen-bond acceptors (Lipinski definition) is 9. The van der Waals surface area contributed by atoms with Crippen molar-refractivity contribution in [2.75, 3.05) is 9.80 Å². The first-order valence-electron chi connectivity index (χ1n) is 27.4. The lowest BCUT2D eigenvalue weighted by molar-refractivity contribution is 0.00578. The summed E-state index contributed by atoms with van der Waals surface area (Å²) in [5.41, 5.74) is 14.6. The first-order chi connectivity index (χ1) is 37.7. The van der Waals surface area contributed by atoms with Gasteiger partial charge < -0.3 is 28.4 Å². The average molecular weight is 1040 g/mol. The van der Waals surface area contributed by atoms with Crippen LogP contribution >= 0.6 is 0 Å². The quantitative estimate of drug-likeness (QED) is 0.118. The van der Waals surface area contributed by atoms with Crippen molar-refractivity contribution in [3.8, 4) is 28.7 Å². The van der Waals surface area contributed by atoms with Crippen LogP contribution < -0.4 is 20.7 Å². The van der Waals surface area contributed by atoms with Gasteiger partial charge in [-0.15, -0.1) is 0 Å². The molecule has 2 aliphatic rings. The minimum Gasteiger partial charge on any atom is -0.399 e. The van der Waals surface area contributed by atoms with E-state index >= 15 is 0 Å². The van der Waals surface area contributed by atoms with Gasteiger partial charge in [-0.3, -0.25) is 4.57 Å². The lowest BCUT2D eigenvalue weighted by Crippen LogP contribution is -2.41. The monoisotopic (exact) mass is 1040 g/mol. The fourth-order valence-corrected chi connectivity index (χ4v) is 10.9. The minimum absolute atomic E-state index is 0.459. The molecule has 0 aliphatic carbocycles. The molecule has 0 atom stereocenters. The molecule has 10 aromatic rings. The molecule has 0 N–H and O–H groups in total. The predicted molar refractivity (Wildman–Crippen MR) is 325 cm³/mol. The number of nitrogens with zero attached hydrogens (tertiary/aromatic N) is 6. The fraction of sp³-hybridized carbons (Fsp3) is 0.239. The maximum absolute atomic E-state index is 6.51. The zero-order valence-electron chi connectivity index (χ0n) is 47.3. The lowest BCUT2D eigenvalue weighted by atomic mass is 9.79. The van der Waals surface area contributed by atoms with Crippen LogP contribution in [-0.4, -0.2) is 56.2 Å². The summed E-state index contributed by atoms with van der Waals surface area (Å²) < 4.78 is 28.2. The van der Waals surface area contributed by atoms with Crippen LogP contribution in [0.15, 0.2) is 182 Å². The van der Waals surface area contributed by atoms with Crippen molar-refractivity contribution in [2.24, 2.45) is 0 Å². The van der Waals surface area contributed by atoms with Gasteiger partial charge in [0, 0.05) is 56.0 Å². The second-order valence-corrected chi connectivity index (χ2v) is 23.4. The van der Waals surface area contributed by atoms with Crippen LogP contribution in [0.25, 0.3) is 50.5 Å². The van der Waals surface area contributed by atoms with Gasteiger partial charge in [-0.05, 0) is 178 Å². The summed E-state index contributed by atoms with van der Waals surface area (Å²) in [6.07, 6.45) is 0. The van der Waals surface area contributed by atoms with E-state index in [-0.39, 0.29) is 0 Å². The maximum atomic E-state index is 6.51. The van der Waals surface area contributed by atoms with E-state index in [0.29, 0.717) is 17.6 Å². The zero-order valence-corrected chi connectivity index (χ0v) is 47.3. The third-order valence-corrected chi connectivity index (χ3v) is 16.7. The van der Waals surface area contributed by atoms with E-state index < -0.39 is 36.6 Å². The number of anilines is 6. The molecule has 2 saturated heterocycles. The third kappa shape index (κ3) is 9.40. The molecular weight excluding hydrogens is 974 g/mol. The number of fused-ring (bicyclic) bond motifs is 3. The molecule has 0 spiro atoms. The Kier molecular flexibility index (Phi) is 12.8. The Balaban J connectivity index is 1.07. The minimum atomic E-state index is -0.484. The van der Waals surface area contributed by atoms with Crippen LogP contribution in [0, 0.1) is 27.7 Å². The smallest absolute Gasteiger partial charge is 0.399 e. The number of rotatable bonds is 11. The van der Waals surface area contributed by atoms with Crippen molar-refractivity contribution < 1.29 is 18.6 Å². The van der Waals surface area contributed by atoms with E-state index in [1.807, 2.05) is 60.7 Å². The summed E-state index contributed by atoms with van der Waals surface area (Å²) >= 11 is 0. The van der Waals surface area contributed by atoms with E-state index in [1.54, 1.807) is 0 Å². The van der Waals surface area contributed by atoms with Gasteiger partial charge in [-0.25, -0.2) is 4.98 Å². The van der Waals surface area contributed by atoms with Crippen LogP contribution in [0.4, 0.5) is 34.1 Å². The highest BCUT2D eigenvalue weighted by Gasteiger charge is 2.53. The number of aryl methyl sites for hydroxylation is 4. The SMILES string of the molecule is Cc1ccc(N(c2ccc(B3OC(C)(C)C(C)(C)O3)cc2)c2ccc3c(c2)c2cc(N(c4ccc(B5OC(C)(C)C(C)(C)O5)cc4)c4ccc(C)cc4C)ccc2n3-c2nc(-c3ccccc3)nc(-c3ccccc3)n2)c(C)c1. The van der Waals surface area contributed by atoms with E-state index in [4.69, 9.17) is 33.6 Å². The lowest BCUT2D eigenvalue weighted by Gasteiger charge is -2.32. The highest BCUT2D eigenvalue weighted by atomic mass is 16.7. The Bertz CT molecular complexity index is 3660. The number of benzene rings is 8. The Labute approximate surface area is 465 Å². The van der Waals surface area contributed by atoms with Gasteiger partial charge in [0.25, 0.3) is 0 Å². The van der Waals surface area contributed by atoms with Crippen molar-refractivity contribution in [3.05, 3.63) is 204 Å². The summed E-state index contributed by atoms with van der Waals surface area (Å²) in [7, 11) is -0.969. The first kappa shape index (κ1) is 51.9. The van der Waals surface area contributed by atoms with Crippen LogP contribution in [0.2, 0.25) is 0 Å². The van der Waals surface area contributed by atoms with Gasteiger partial charge in [0.1, 0.15) is 0 Å². The molecule has 394 valence electrons. The molecule has 0 amide bonds. The highest BCUT2D eigenvalue weighted by Crippen LogP contribution is 2.45. The summed E-state index contributed by atoms with van der Waals surface area (Å²) in [5.74, 6) is 1.69. The molecule has 0 unspecified atom stereocenters. The molecular formula is C67H66B2N6O4. The Morgan fingerprint density at radius 3 is 1.09 bits per heavy atom. The van der Waals surface area contributed by atoms with Gasteiger partial charge in [0.15, 0.2) is 11.6 Å². The Morgan fingerprint density at radius 1 is 0.380 bits per heavy atom. The summed E-state index contributed by atoms with van der Waals surface area (Å²) in [4.78, 5) is 20.4. The average Bonchev–Trinajstić information content (AvgIpc) is 4.05. The molecule has 0 bridgehead atoms. The van der Waals surface area contributed by atoms with E-state index in [9.17, 15) is 0 Å². The van der Waals surface area contributed by atoms with E-state index in [1.165, 1.54) is 11.1 Å². The third-order valence-electron chi connectivity index (χ3n) is 16.7. The normalized spacial score (nSPS) is 16.3. The molecule has 12 heteroatoms. The molecule has 10 nitrogen and oxygen atoms in total.